The second-order valence-electron chi connectivity index (χ2n) is 8.57. The van der Waals surface area contributed by atoms with Crippen LogP contribution < -0.4 is 10.6 Å². The van der Waals surface area contributed by atoms with Crippen LogP contribution >= 0.6 is 0 Å². The van der Waals surface area contributed by atoms with Crippen LogP contribution in [0, 0.1) is 6.92 Å². The normalized spacial score (nSPS) is 11.2. The number of nitrogens with one attached hydrogen (secondary N) is 2. The first kappa shape index (κ1) is 24.0. The number of methoxy groups -OCH3 is 1. The number of amides is 1. The number of anilines is 2. The van der Waals surface area contributed by atoms with E-state index in [4.69, 9.17) is 9.72 Å². The Morgan fingerprint density at radius 1 is 0.943 bits per heavy atom. The molecule has 8 heteroatoms. The largest absolute Gasteiger partial charge is 0.373 e. The second kappa shape index (κ2) is 9.99. The molecule has 3 heterocycles. The van der Waals surface area contributed by atoms with Crippen LogP contribution in [0.4, 0.5) is 11.5 Å². The Bertz CT molecular complexity index is 1370. The molecule has 0 radical (unpaired) electrons. The van der Waals surface area contributed by atoms with Crippen molar-refractivity contribution >= 4 is 17.4 Å². The molecule has 1 amide bonds. The van der Waals surface area contributed by atoms with E-state index in [1.54, 1.807) is 37.8 Å². The maximum atomic E-state index is 13.0. The first-order valence-corrected chi connectivity index (χ1v) is 11.2. The van der Waals surface area contributed by atoms with Gasteiger partial charge in [-0.2, -0.15) is 0 Å². The SMILES string of the molecule is CNc1cc(-c2nccc(-c3cc(NC(=O)c4ccnc(C(C)(C)OC)c4)ccc3C)n2)ccn1. The lowest BCUT2D eigenvalue weighted by molar-refractivity contribution is 0.0154. The average molecular weight is 469 g/mol. The summed E-state index contributed by atoms with van der Waals surface area (Å²) in [6.45, 7) is 5.83. The molecule has 0 spiro atoms. The number of carbonyl (C=O) groups excluding carboxylic acids is 1. The molecule has 0 saturated heterocycles. The molecule has 4 rings (SSSR count). The van der Waals surface area contributed by atoms with Gasteiger partial charge in [0, 0.05) is 55.1 Å². The quantitative estimate of drug-likeness (QED) is 0.390. The van der Waals surface area contributed by atoms with Gasteiger partial charge in [-0.1, -0.05) is 6.07 Å². The van der Waals surface area contributed by atoms with Gasteiger partial charge in [0.15, 0.2) is 5.82 Å². The molecular formula is C27H28N6O2. The van der Waals surface area contributed by atoms with Crippen molar-refractivity contribution in [2.75, 3.05) is 24.8 Å². The van der Waals surface area contributed by atoms with Crippen molar-refractivity contribution in [1.82, 2.24) is 19.9 Å². The third kappa shape index (κ3) is 5.33. The smallest absolute Gasteiger partial charge is 0.255 e. The van der Waals surface area contributed by atoms with Crippen LogP contribution in [0.15, 0.2) is 67.1 Å². The van der Waals surface area contributed by atoms with E-state index < -0.39 is 5.60 Å². The summed E-state index contributed by atoms with van der Waals surface area (Å²) in [5.74, 6) is 1.11. The zero-order valence-corrected chi connectivity index (χ0v) is 20.5. The summed E-state index contributed by atoms with van der Waals surface area (Å²) in [5, 5.41) is 6.01. The Kier molecular flexibility index (Phi) is 6.84. The second-order valence-corrected chi connectivity index (χ2v) is 8.57. The van der Waals surface area contributed by atoms with E-state index >= 15 is 0 Å². The van der Waals surface area contributed by atoms with Gasteiger partial charge in [0.05, 0.1) is 11.4 Å². The lowest BCUT2D eigenvalue weighted by Gasteiger charge is -2.22. The minimum atomic E-state index is -0.596. The number of hydrogen-bond acceptors (Lipinski definition) is 7. The van der Waals surface area contributed by atoms with Gasteiger partial charge < -0.3 is 15.4 Å². The van der Waals surface area contributed by atoms with Crippen molar-refractivity contribution in [2.24, 2.45) is 0 Å². The first-order valence-electron chi connectivity index (χ1n) is 11.2. The molecule has 0 aliphatic carbocycles. The number of carbonyl (C=O) groups is 1. The minimum Gasteiger partial charge on any atom is -0.373 e. The Morgan fingerprint density at radius 2 is 1.71 bits per heavy atom. The van der Waals surface area contributed by atoms with E-state index in [-0.39, 0.29) is 5.91 Å². The maximum Gasteiger partial charge on any atom is 0.255 e. The molecular weight excluding hydrogens is 440 g/mol. The first-order chi connectivity index (χ1) is 16.8. The summed E-state index contributed by atoms with van der Waals surface area (Å²) in [6, 6.07) is 14.8. The Labute approximate surface area is 204 Å². The summed E-state index contributed by atoms with van der Waals surface area (Å²) in [6.07, 6.45) is 5.07. The zero-order chi connectivity index (χ0) is 25.0. The molecule has 1 aromatic carbocycles. The third-order valence-electron chi connectivity index (χ3n) is 5.85. The van der Waals surface area contributed by atoms with Crippen molar-refractivity contribution in [3.63, 3.8) is 0 Å². The number of aryl methyl sites for hydroxylation is 1. The van der Waals surface area contributed by atoms with Crippen LogP contribution in [0.1, 0.15) is 35.5 Å². The Hall–Kier alpha value is -4.17. The summed E-state index contributed by atoms with van der Waals surface area (Å²) >= 11 is 0. The van der Waals surface area contributed by atoms with E-state index in [9.17, 15) is 4.79 Å². The van der Waals surface area contributed by atoms with Gasteiger partial charge in [0.2, 0.25) is 0 Å². The fourth-order valence-corrected chi connectivity index (χ4v) is 3.54. The van der Waals surface area contributed by atoms with Gasteiger partial charge in [-0.25, -0.2) is 15.0 Å². The molecule has 4 aromatic rings. The Morgan fingerprint density at radius 3 is 2.49 bits per heavy atom. The zero-order valence-electron chi connectivity index (χ0n) is 20.5. The standard InChI is InChI=1S/C27H28N6O2/c1-17-6-7-20(32-26(34)19-9-11-29-23(14-19)27(2,3)35-5)16-21(17)22-10-13-31-25(33-22)18-8-12-30-24(15-18)28-4/h6-16H,1-5H3,(H,28,30)(H,32,34). The predicted molar refractivity (Wildman–Crippen MR) is 137 cm³/mol. The van der Waals surface area contributed by atoms with Crippen LogP contribution in [0.2, 0.25) is 0 Å². The molecule has 0 aliphatic heterocycles. The van der Waals surface area contributed by atoms with Crippen LogP contribution in [-0.4, -0.2) is 40.0 Å². The molecule has 178 valence electrons. The molecule has 3 aromatic heterocycles. The molecule has 0 saturated carbocycles. The van der Waals surface area contributed by atoms with Crippen LogP contribution in [-0.2, 0) is 10.3 Å². The molecule has 0 aliphatic rings. The Balaban J connectivity index is 1.62. The highest BCUT2D eigenvalue weighted by atomic mass is 16.5. The topological polar surface area (TPSA) is 102 Å². The number of benzene rings is 1. The lowest BCUT2D eigenvalue weighted by Crippen LogP contribution is -2.22. The fourth-order valence-electron chi connectivity index (χ4n) is 3.54. The fraction of sp³-hybridized carbons (Fsp3) is 0.222. The summed E-state index contributed by atoms with van der Waals surface area (Å²) in [7, 11) is 3.44. The molecule has 0 bridgehead atoms. The average Bonchev–Trinajstić information content (AvgIpc) is 2.90. The van der Waals surface area contributed by atoms with Crippen molar-refractivity contribution in [3.8, 4) is 22.6 Å². The van der Waals surface area contributed by atoms with Crippen LogP contribution in [0.3, 0.4) is 0 Å². The molecule has 2 N–H and O–H groups in total. The molecule has 8 nitrogen and oxygen atoms in total. The van der Waals surface area contributed by atoms with Gasteiger partial charge in [0.1, 0.15) is 11.4 Å². The van der Waals surface area contributed by atoms with Crippen molar-refractivity contribution in [1.29, 1.82) is 0 Å². The summed E-state index contributed by atoms with van der Waals surface area (Å²) < 4.78 is 5.50. The predicted octanol–water partition coefficient (Wildman–Crippen LogP) is 5.08. The third-order valence-corrected chi connectivity index (χ3v) is 5.85. The summed E-state index contributed by atoms with van der Waals surface area (Å²) in [5.41, 5.74) is 4.83. The number of ether oxygens (including phenoxy) is 1. The number of pyridine rings is 2. The van der Waals surface area contributed by atoms with Gasteiger partial charge in [-0.05, 0) is 68.8 Å². The van der Waals surface area contributed by atoms with Crippen molar-refractivity contribution < 1.29 is 9.53 Å². The van der Waals surface area contributed by atoms with Crippen molar-refractivity contribution in [3.05, 3.63) is 83.9 Å². The minimum absolute atomic E-state index is 0.227. The molecule has 35 heavy (non-hydrogen) atoms. The van der Waals surface area contributed by atoms with E-state index in [0.717, 1.165) is 28.2 Å². The van der Waals surface area contributed by atoms with E-state index in [0.29, 0.717) is 22.8 Å². The maximum absolute atomic E-state index is 13.0. The lowest BCUT2D eigenvalue weighted by atomic mass is 10.0. The molecule has 0 unspecified atom stereocenters. The monoisotopic (exact) mass is 468 g/mol. The van der Waals surface area contributed by atoms with Gasteiger partial charge in [-0.3, -0.25) is 9.78 Å². The van der Waals surface area contributed by atoms with E-state index in [1.165, 1.54) is 0 Å². The van der Waals surface area contributed by atoms with Gasteiger partial charge in [0.25, 0.3) is 5.91 Å². The molecule has 0 fully saturated rings. The van der Waals surface area contributed by atoms with Crippen molar-refractivity contribution in [2.45, 2.75) is 26.4 Å². The number of nitrogens with zero attached hydrogens (tertiary/aromatic N) is 4. The van der Waals surface area contributed by atoms with Gasteiger partial charge >= 0.3 is 0 Å². The number of hydrogen-bond donors (Lipinski definition) is 2. The summed E-state index contributed by atoms with van der Waals surface area (Å²) in [4.78, 5) is 30.8. The highest BCUT2D eigenvalue weighted by molar-refractivity contribution is 6.04. The highest BCUT2D eigenvalue weighted by Crippen LogP contribution is 2.28. The number of rotatable bonds is 7. The molecule has 0 atom stereocenters. The van der Waals surface area contributed by atoms with E-state index in [1.807, 2.05) is 64.2 Å². The van der Waals surface area contributed by atoms with Crippen LogP contribution in [0.25, 0.3) is 22.6 Å². The number of aromatic nitrogens is 4. The van der Waals surface area contributed by atoms with Gasteiger partial charge in [-0.15, -0.1) is 0 Å². The van der Waals surface area contributed by atoms with E-state index in [2.05, 4.69) is 25.6 Å². The highest BCUT2D eigenvalue weighted by Gasteiger charge is 2.22. The van der Waals surface area contributed by atoms with Crippen LogP contribution in [0.5, 0.6) is 0 Å².